The second-order valence-electron chi connectivity index (χ2n) is 8.21. The van der Waals surface area contributed by atoms with Gasteiger partial charge in [-0.1, -0.05) is 36.4 Å². The van der Waals surface area contributed by atoms with Crippen molar-refractivity contribution in [2.24, 2.45) is 0 Å². The quantitative estimate of drug-likeness (QED) is 0.859. The van der Waals surface area contributed by atoms with Gasteiger partial charge < -0.3 is 10.5 Å². The fourth-order valence-corrected chi connectivity index (χ4v) is 4.68. The van der Waals surface area contributed by atoms with Crippen molar-refractivity contribution in [1.29, 1.82) is 0 Å². The number of nitrogens with zero attached hydrogens (tertiary/aromatic N) is 2. The summed E-state index contributed by atoms with van der Waals surface area (Å²) >= 11 is 0. The third kappa shape index (κ3) is 3.38. The summed E-state index contributed by atoms with van der Waals surface area (Å²) in [6, 6.07) is 14.3. The monoisotopic (exact) mass is 365 g/mol. The van der Waals surface area contributed by atoms with Gasteiger partial charge in [0.25, 0.3) is 0 Å². The van der Waals surface area contributed by atoms with E-state index in [1.807, 2.05) is 49.2 Å². The van der Waals surface area contributed by atoms with Crippen molar-refractivity contribution in [3.8, 4) is 0 Å². The summed E-state index contributed by atoms with van der Waals surface area (Å²) in [7, 11) is 0. The molecule has 2 fully saturated rings. The number of carbonyl (C=O) groups excluding carboxylic acids is 1. The molecule has 2 heterocycles. The molecule has 142 valence electrons. The summed E-state index contributed by atoms with van der Waals surface area (Å²) in [5.41, 5.74) is 7.55. The van der Waals surface area contributed by atoms with Crippen molar-refractivity contribution in [2.45, 2.75) is 63.1 Å². The number of anilines is 1. The van der Waals surface area contributed by atoms with Crippen LogP contribution in [0.15, 0.2) is 48.7 Å². The van der Waals surface area contributed by atoms with Gasteiger partial charge in [0, 0.05) is 12.2 Å². The number of carbonyl (C=O) groups is 1. The van der Waals surface area contributed by atoms with Gasteiger partial charge in [-0.15, -0.1) is 0 Å². The first-order valence-corrected chi connectivity index (χ1v) is 9.73. The van der Waals surface area contributed by atoms with Crippen LogP contribution < -0.4 is 5.73 Å². The number of aromatic nitrogens is 1. The highest BCUT2D eigenvalue weighted by Gasteiger charge is 2.51. The number of hydrogen-bond acceptors (Lipinski definition) is 4. The lowest BCUT2D eigenvalue weighted by Gasteiger charge is -2.38. The first-order chi connectivity index (χ1) is 13.0. The van der Waals surface area contributed by atoms with E-state index in [4.69, 9.17) is 10.5 Å². The fraction of sp³-hybridized carbons (Fsp3) is 0.455. The molecule has 5 heteroatoms. The summed E-state index contributed by atoms with van der Waals surface area (Å²) in [6.07, 6.45) is 5.74. The van der Waals surface area contributed by atoms with Crippen molar-refractivity contribution in [2.75, 3.05) is 5.73 Å². The maximum absolute atomic E-state index is 12.7. The molecule has 0 spiro atoms. The lowest BCUT2D eigenvalue weighted by molar-refractivity contribution is 0.0664. The summed E-state index contributed by atoms with van der Waals surface area (Å²) in [6.45, 7) is 4.02. The number of benzene rings is 1. The molecule has 1 amide bonds. The molecule has 1 saturated heterocycles. The second-order valence-corrected chi connectivity index (χ2v) is 8.21. The Bertz CT molecular complexity index is 796. The molecule has 0 radical (unpaired) electrons. The van der Waals surface area contributed by atoms with E-state index >= 15 is 0 Å². The Morgan fingerprint density at radius 2 is 1.74 bits per heavy atom. The van der Waals surface area contributed by atoms with Crippen LogP contribution in [0.5, 0.6) is 0 Å². The van der Waals surface area contributed by atoms with Crippen LogP contribution in [-0.2, 0) is 4.74 Å². The average Bonchev–Trinajstić information content (AvgIpc) is 2.91. The Morgan fingerprint density at radius 3 is 2.37 bits per heavy atom. The lowest BCUT2D eigenvalue weighted by Crippen LogP contribution is -2.42. The van der Waals surface area contributed by atoms with Gasteiger partial charge in [0.2, 0.25) is 0 Å². The van der Waals surface area contributed by atoms with Crippen LogP contribution in [0.4, 0.5) is 10.6 Å². The van der Waals surface area contributed by atoms with Crippen LogP contribution in [-0.4, -0.2) is 27.6 Å². The van der Waals surface area contributed by atoms with Crippen LogP contribution in [0.1, 0.15) is 62.6 Å². The van der Waals surface area contributed by atoms with Crippen molar-refractivity contribution >= 4 is 11.9 Å². The van der Waals surface area contributed by atoms with Crippen LogP contribution in [0.25, 0.3) is 0 Å². The van der Waals surface area contributed by atoms with E-state index in [0.717, 1.165) is 31.2 Å². The predicted octanol–water partition coefficient (Wildman–Crippen LogP) is 4.66. The van der Waals surface area contributed by atoms with Crippen LogP contribution in [0.2, 0.25) is 0 Å². The van der Waals surface area contributed by atoms with Crippen LogP contribution in [0, 0.1) is 0 Å². The van der Waals surface area contributed by atoms with Crippen molar-refractivity contribution in [1.82, 2.24) is 9.88 Å². The first-order valence-electron chi connectivity index (χ1n) is 9.73. The van der Waals surface area contributed by atoms with Crippen molar-refractivity contribution in [3.63, 3.8) is 0 Å². The number of nitrogens with two attached hydrogens (primary N) is 1. The van der Waals surface area contributed by atoms with Gasteiger partial charge in [-0.05, 0) is 62.6 Å². The molecule has 0 unspecified atom stereocenters. The highest BCUT2D eigenvalue weighted by atomic mass is 16.6. The molecule has 2 aliphatic rings. The largest absolute Gasteiger partial charge is 0.441 e. The zero-order chi connectivity index (χ0) is 19.0. The maximum atomic E-state index is 12.7. The van der Waals surface area contributed by atoms with E-state index in [2.05, 4.69) is 23.2 Å². The first kappa shape index (κ1) is 17.8. The van der Waals surface area contributed by atoms with E-state index in [0.29, 0.717) is 11.7 Å². The Kier molecular flexibility index (Phi) is 4.54. The molecule has 0 bridgehead atoms. The van der Waals surface area contributed by atoms with E-state index in [1.54, 1.807) is 0 Å². The molecular weight excluding hydrogens is 338 g/mol. The van der Waals surface area contributed by atoms with Gasteiger partial charge in [-0.3, -0.25) is 4.90 Å². The van der Waals surface area contributed by atoms with E-state index in [9.17, 15) is 4.79 Å². The Morgan fingerprint density at radius 1 is 1.04 bits per heavy atom. The standard InChI is InChI=1S/C22H27N3O2/c1-22(2)20(16-6-4-3-5-7-16)25(21(26)27-22)18-11-8-15(9-12-18)17-10-13-19(23)24-14-17/h3-7,10,13-15,18,20H,8-9,11-12H2,1-2H3,(H2,23,24)/t15-,18-,20-/m0/s1. The molecule has 1 aliphatic carbocycles. The number of ether oxygens (including phenoxy) is 1. The molecule has 4 rings (SSSR count). The number of hydrogen-bond donors (Lipinski definition) is 1. The number of rotatable bonds is 3. The molecule has 1 aliphatic heterocycles. The topological polar surface area (TPSA) is 68.5 Å². The molecule has 1 atom stereocenters. The molecule has 5 nitrogen and oxygen atoms in total. The molecule has 1 aromatic carbocycles. The molecular formula is C22H27N3O2. The third-order valence-electron chi connectivity index (χ3n) is 5.98. The van der Waals surface area contributed by atoms with Gasteiger partial charge >= 0.3 is 6.09 Å². The minimum atomic E-state index is -0.532. The number of pyridine rings is 1. The van der Waals surface area contributed by atoms with Gasteiger partial charge in [-0.25, -0.2) is 9.78 Å². The minimum absolute atomic E-state index is 0.0501. The molecule has 2 N–H and O–H groups in total. The Hall–Kier alpha value is -2.56. The van der Waals surface area contributed by atoms with Crippen LogP contribution >= 0.6 is 0 Å². The predicted molar refractivity (Wildman–Crippen MR) is 105 cm³/mol. The van der Waals surface area contributed by atoms with E-state index in [1.165, 1.54) is 5.56 Å². The SMILES string of the molecule is CC1(C)OC(=O)N([C@H]2CC[C@H](c3ccc(N)nc3)CC2)[C@H]1c1ccccc1. The highest BCUT2D eigenvalue weighted by molar-refractivity contribution is 5.72. The number of cyclic esters (lactones) is 1. The normalized spacial score (nSPS) is 27.4. The lowest BCUT2D eigenvalue weighted by atomic mass is 9.80. The zero-order valence-corrected chi connectivity index (χ0v) is 16.0. The average molecular weight is 365 g/mol. The highest BCUT2D eigenvalue weighted by Crippen LogP contribution is 2.46. The molecule has 2 aromatic rings. The molecule has 1 aromatic heterocycles. The van der Waals surface area contributed by atoms with Crippen molar-refractivity contribution < 1.29 is 9.53 Å². The van der Waals surface area contributed by atoms with E-state index in [-0.39, 0.29) is 18.2 Å². The Labute approximate surface area is 160 Å². The summed E-state index contributed by atoms with van der Waals surface area (Å²) in [5, 5.41) is 0. The fourth-order valence-electron chi connectivity index (χ4n) is 4.68. The summed E-state index contributed by atoms with van der Waals surface area (Å²) < 4.78 is 5.77. The second kappa shape index (κ2) is 6.87. The van der Waals surface area contributed by atoms with Gasteiger partial charge in [0.1, 0.15) is 11.4 Å². The van der Waals surface area contributed by atoms with Crippen molar-refractivity contribution in [3.05, 3.63) is 59.8 Å². The summed E-state index contributed by atoms with van der Waals surface area (Å²) in [4.78, 5) is 19.0. The zero-order valence-electron chi connectivity index (χ0n) is 16.0. The number of nitrogen functional groups attached to an aromatic ring is 1. The van der Waals surface area contributed by atoms with Gasteiger partial charge in [0.05, 0.1) is 6.04 Å². The third-order valence-corrected chi connectivity index (χ3v) is 5.98. The Balaban J connectivity index is 1.52. The van der Waals surface area contributed by atoms with Gasteiger partial charge in [-0.2, -0.15) is 0 Å². The molecule has 1 saturated carbocycles. The minimum Gasteiger partial charge on any atom is -0.441 e. The molecule has 27 heavy (non-hydrogen) atoms. The number of amides is 1. The van der Waals surface area contributed by atoms with Gasteiger partial charge in [0.15, 0.2) is 0 Å². The maximum Gasteiger partial charge on any atom is 0.411 e. The van der Waals surface area contributed by atoms with E-state index < -0.39 is 5.60 Å². The van der Waals surface area contributed by atoms with Crippen LogP contribution in [0.3, 0.4) is 0 Å². The smallest absolute Gasteiger partial charge is 0.411 e. The summed E-state index contributed by atoms with van der Waals surface area (Å²) in [5.74, 6) is 1.04.